The van der Waals surface area contributed by atoms with Crippen molar-refractivity contribution in [3.63, 3.8) is 0 Å². The highest BCUT2D eigenvalue weighted by Crippen LogP contribution is 2.24. The maximum Gasteiger partial charge on any atom is 0.243 e. The second-order valence-corrected chi connectivity index (χ2v) is 8.94. The normalized spacial score (nSPS) is 12.9. The van der Waals surface area contributed by atoms with Gasteiger partial charge in [-0.05, 0) is 68.0 Å². The van der Waals surface area contributed by atoms with Crippen molar-refractivity contribution in [1.82, 2.24) is 10.2 Å². The number of aryl methyl sites for hydroxylation is 2. The minimum Gasteiger partial charge on any atom is -0.352 e. The Kier molecular flexibility index (Phi) is 9.39. The highest BCUT2D eigenvalue weighted by molar-refractivity contribution is 6.35. The summed E-state index contributed by atoms with van der Waals surface area (Å²) in [6.45, 7) is 10.2. The first-order chi connectivity index (χ1) is 14.7. The van der Waals surface area contributed by atoms with Crippen LogP contribution in [0.4, 0.5) is 0 Å². The predicted molar refractivity (Wildman–Crippen MR) is 129 cm³/mol. The number of carbonyl (C=O) groups is 2. The van der Waals surface area contributed by atoms with E-state index < -0.39 is 6.04 Å². The maximum absolute atomic E-state index is 13.4. The van der Waals surface area contributed by atoms with Crippen molar-refractivity contribution in [2.24, 2.45) is 0 Å². The predicted octanol–water partition coefficient (Wildman–Crippen LogP) is 5.87. The smallest absolute Gasteiger partial charge is 0.243 e. The zero-order chi connectivity index (χ0) is 23.1. The molecule has 0 saturated heterocycles. The number of rotatable bonds is 9. The summed E-state index contributed by atoms with van der Waals surface area (Å²) < 4.78 is 0. The van der Waals surface area contributed by atoms with E-state index in [-0.39, 0.29) is 30.8 Å². The third kappa shape index (κ3) is 6.98. The first-order valence-electron chi connectivity index (χ1n) is 10.8. The van der Waals surface area contributed by atoms with Crippen LogP contribution in [0.2, 0.25) is 10.0 Å². The fraction of sp³-hybridized carbons (Fsp3) is 0.440. The van der Waals surface area contributed by atoms with E-state index in [0.717, 1.165) is 23.1 Å². The molecule has 0 saturated carbocycles. The van der Waals surface area contributed by atoms with Crippen LogP contribution < -0.4 is 5.32 Å². The summed E-state index contributed by atoms with van der Waals surface area (Å²) in [6, 6.07) is 10.7. The number of carbonyl (C=O) groups excluding carboxylic acids is 2. The Morgan fingerprint density at radius 1 is 1.00 bits per heavy atom. The van der Waals surface area contributed by atoms with Crippen LogP contribution >= 0.6 is 23.2 Å². The molecule has 4 nitrogen and oxygen atoms in total. The van der Waals surface area contributed by atoms with Crippen LogP contribution in [-0.4, -0.2) is 28.8 Å². The topological polar surface area (TPSA) is 49.4 Å². The van der Waals surface area contributed by atoms with Gasteiger partial charge in [-0.15, -0.1) is 0 Å². The second kappa shape index (κ2) is 11.5. The SMILES string of the molecule is CC[C@@H](C)NC(=O)[C@@H](CC)N(Cc1ccc(Cl)cc1Cl)C(=O)Cc1ccc(C)c(C)c1. The molecule has 2 atom stereocenters. The Hall–Kier alpha value is -2.04. The van der Waals surface area contributed by atoms with Gasteiger partial charge in [0.05, 0.1) is 6.42 Å². The summed E-state index contributed by atoms with van der Waals surface area (Å²) in [5.41, 5.74) is 4.01. The van der Waals surface area contributed by atoms with Crippen molar-refractivity contribution >= 4 is 35.0 Å². The Morgan fingerprint density at radius 2 is 1.71 bits per heavy atom. The molecule has 0 fully saturated rings. The van der Waals surface area contributed by atoms with Crippen LogP contribution in [0.5, 0.6) is 0 Å². The van der Waals surface area contributed by atoms with Crippen molar-refractivity contribution in [1.29, 1.82) is 0 Å². The Bertz CT molecular complexity index is 930. The Balaban J connectivity index is 2.35. The van der Waals surface area contributed by atoms with E-state index in [1.54, 1.807) is 23.1 Å². The van der Waals surface area contributed by atoms with Crippen molar-refractivity contribution in [2.45, 2.75) is 72.5 Å². The number of benzene rings is 2. The van der Waals surface area contributed by atoms with E-state index in [0.29, 0.717) is 16.5 Å². The molecule has 0 unspecified atom stereocenters. The molecule has 2 rings (SSSR count). The van der Waals surface area contributed by atoms with Gasteiger partial charge in [0.2, 0.25) is 11.8 Å². The minimum atomic E-state index is -0.584. The van der Waals surface area contributed by atoms with Gasteiger partial charge in [-0.3, -0.25) is 9.59 Å². The van der Waals surface area contributed by atoms with Crippen LogP contribution in [0.25, 0.3) is 0 Å². The molecule has 2 aromatic carbocycles. The molecular weight excluding hydrogens is 431 g/mol. The number of hydrogen-bond donors (Lipinski definition) is 1. The molecule has 0 aliphatic rings. The standard InChI is InChI=1S/C25H32Cl2N2O2/c1-6-18(5)28-25(31)23(7-2)29(15-20-10-11-21(26)14-22(20)27)24(30)13-19-9-8-16(3)17(4)12-19/h8-12,14,18,23H,6-7,13,15H2,1-5H3,(H,28,31)/t18-,23-/m1/s1. The lowest BCUT2D eigenvalue weighted by molar-refractivity contribution is -0.141. The molecule has 2 aromatic rings. The quantitative estimate of drug-likeness (QED) is 0.505. The van der Waals surface area contributed by atoms with Gasteiger partial charge >= 0.3 is 0 Å². The Morgan fingerprint density at radius 3 is 2.29 bits per heavy atom. The van der Waals surface area contributed by atoms with Crippen molar-refractivity contribution < 1.29 is 9.59 Å². The fourth-order valence-corrected chi connectivity index (χ4v) is 3.85. The molecule has 31 heavy (non-hydrogen) atoms. The number of nitrogens with zero attached hydrogens (tertiary/aromatic N) is 1. The van der Waals surface area contributed by atoms with Gasteiger partial charge in [0.1, 0.15) is 6.04 Å². The van der Waals surface area contributed by atoms with Crippen LogP contribution in [0, 0.1) is 13.8 Å². The highest BCUT2D eigenvalue weighted by atomic mass is 35.5. The zero-order valence-electron chi connectivity index (χ0n) is 19.0. The van der Waals surface area contributed by atoms with Crippen molar-refractivity contribution in [3.05, 3.63) is 68.7 Å². The van der Waals surface area contributed by atoms with E-state index in [9.17, 15) is 9.59 Å². The van der Waals surface area contributed by atoms with Gasteiger partial charge in [-0.25, -0.2) is 0 Å². The summed E-state index contributed by atoms with van der Waals surface area (Å²) in [4.78, 5) is 28.1. The summed E-state index contributed by atoms with van der Waals surface area (Å²) in [6.07, 6.45) is 1.55. The number of halogens is 2. The lowest BCUT2D eigenvalue weighted by atomic mass is 10.0. The van der Waals surface area contributed by atoms with Crippen LogP contribution in [-0.2, 0) is 22.6 Å². The molecule has 0 bridgehead atoms. The molecule has 0 spiro atoms. The van der Waals surface area contributed by atoms with E-state index in [4.69, 9.17) is 23.2 Å². The van der Waals surface area contributed by atoms with Gasteiger partial charge < -0.3 is 10.2 Å². The van der Waals surface area contributed by atoms with Crippen molar-refractivity contribution in [2.75, 3.05) is 0 Å². The monoisotopic (exact) mass is 462 g/mol. The molecule has 168 valence electrons. The average molecular weight is 463 g/mol. The van der Waals surface area contributed by atoms with Crippen molar-refractivity contribution in [3.8, 4) is 0 Å². The van der Waals surface area contributed by atoms with Gasteiger partial charge in [0.15, 0.2) is 0 Å². The van der Waals surface area contributed by atoms with E-state index in [1.807, 2.05) is 52.8 Å². The largest absolute Gasteiger partial charge is 0.352 e. The zero-order valence-corrected chi connectivity index (χ0v) is 20.5. The van der Waals surface area contributed by atoms with E-state index >= 15 is 0 Å². The molecule has 0 aliphatic carbocycles. The molecule has 1 N–H and O–H groups in total. The molecule has 0 heterocycles. The minimum absolute atomic E-state index is 0.0392. The molecule has 6 heteroatoms. The van der Waals surface area contributed by atoms with E-state index in [2.05, 4.69) is 5.32 Å². The van der Waals surface area contributed by atoms with Gasteiger partial charge in [0, 0.05) is 22.6 Å². The second-order valence-electron chi connectivity index (χ2n) is 8.09. The third-order valence-electron chi connectivity index (χ3n) is 5.67. The average Bonchev–Trinajstić information content (AvgIpc) is 2.71. The highest BCUT2D eigenvalue weighted by Gasteiger charge is 2.29. The molecule has 2 amide bonds. The third-order valence-corrected chi connectivity index (χ3v) is 6.26. The Labute approximate surface area is 195 Å². The summed E-state index contributed by atoms with van der Waals surface area (Å²) in [5.74, 6) is -0.254. The van der Waals surface area contributed by atoms with Gasteiger partial charge in [0.25, 0.3) is 0 Å². The maximum atomic E-state index is 13.4. The lowest BCUT2D eigenvalue weighted by Crippen LogP contribution is -2.51. The fourth-order valence-electron chi connectivity index (χ4n) is 3.38. The molecule has 0 radical (unpaired) electrons. The van der Waals surface area contributed by atoms with Gasteiger partial charge in [-0.1, -0.05) is 61.3 Å². The first kappa shape index (κ1) is 25.2. The van der Waals surface area contributed by atoms with Crippen LogP contribution in [0.1, 0.15) is 55.9 Å². The lowest BCUT2D eigenvalue weighted by Gasteiger charge is -2.32. The first-order valence-corrected chi connectivity index (χ1v) is 11.5. The molecular formula is C25H32Cl2N2O2. The summed E-state index contributed by atoms with van der Waals surface area (Å²) in [5, 5.41) is 4.03. The summed E-state index contributed by atoms with van der Waals surface area (Å²) >= 11 is 12.4. The van der Waals surface area contributed by atoms with Gasteiger partial charge in [-0.2, -0.15) is 0 Å². The summed E-state index contributed by atoms with van der Waals surface area (Å²) in [7, 11) is 0. The van der Waals surface area contributed by atoms with E-state index in [1.165, 1.54) is 5.56 Å². The molecule has 0 aliphatic heterocycles. The molecule has 0 aromatic heterocycles. The number of nitrogens with one attached hydrogen (secondary N) is 1. The van der Waals surface area contributed by atoms with Crippen LogP contribution in [0.15, 0.2) is 36.4 Å². The number of amides is 2. The van der Waals surface area contributed by atoms with Crippen LogP contribution in [0.3, 0.4) is 0 Å². The number of hydrogen-bond acceptors (Lipinski definition) is 2.